The second-order valence-electron chi connectivity index (χ2n) is 6.68. The van der Waals surface area contributed by atoms with Crippen LogP contribution in [-0.2, 0) is 9.47 Å². The maximum Gasteiger partial charge on any atom is 0.166 e. The Balaban J connectivity index is 0.000000481. The summed E-state index contributed by atoms with van der Waals surface area (Å²) in [5.41, 5.74) is 5.86. The Morgan fingerprint density at radius 2 is 2.11 bits per heavy atom. The van der Waals surface area contributed by atoms with Gasteiger partial charge in [0.05, 0.1) is 18.6 Å². The number of aliphatic hydroxyl groups is 2. The Morgan fingerprint density at radius 1 is 1.37 bits per heavy atom. The molecule has 0 spiro atoms. The van der Waals surface area contributed by atoms with Crippen LogP contribution in [0.15, 0.2) is 25.0 Å². The summed E-state index contributed by atoms with van der Waals surface area (Å²) in [5, 5.41) is 29.6. The second kappa shape index (κ2) is 8.28. The van der Waals surface area contributed by atoms with Gasteiger partial charge in [0.25, 0.3) is 0 Å². The molecular weight excluding hydrogens is 354 g/mol. The highest BCUT2D eigenvalue weighted by Crippen LogP contribution is 2.33. The van der Waals surface area contributed by atoms with E-state index in [0.717, 1.165) is 18.7 Å². The van der Waals surface area contributed by atoms with Crippen molar-refractivity contribution in [3.05, 3.63) is 30.7 Å². The zero-order valence-corrected chi connectivity index (χ0v) is 15.2. The lowest BCUT2D eigenvalue weighted by Gasteiger charge is -2.16. The molecule has 10 nitrogen and oxygen atoms in total. The average Bonchev–Trinajstić information content (AvgIpc) is 3.35. The van der Waals surface area contributed by atoms with Gasteiger partial charge in [-0.15, -0.1) is 12.3 Å². The smallest absolute Gasteiger partial charge is 0.166 e. The highest BCUT2D eigenvalue weighted by Gasteiger charge is 2.44. The van der Waals surface area contributed by atoms with Crippen molar-refractivity contribution < 1.29 is 30.5 Å². The molecule has 0 amide bonds. The molecule has 2 saturated heterocycles. The van der Waals surface area contributed by atoms with Crippen LogP contribution in [0.1, 0.15) is 31.2 Å². The van der Waals surface area contributed by atoms with Crippen molar-refractivity contribution in [3.8, 4) is 0 Å². The standard InChI is InChI=1S/C14H19N5O4.C3H6O/c15-3-8-11(20)12(21)14(23-8)19-6-18-10-9(7-1-2-22-4-7)16-5-17-13(10)19;1-3(2)4/h5-8,11-12,14,20-21H,1-4,15H2;4H,1H2,2H3/t7?,8-,11+,12+,14-;/m1./s1. The van der Waals surface area contributed by atoms with Gasteiger partial charge in [0, 0.05) is 12.5 Å². The summed E-state index contributed by atoms with van der Waals surface area (Å²) >= 11 is 0. The van der Waals surface area contributed by atoms with Crippen molar-refractivity contribution in [3.63, 3.8) is 0 Å². The van der Waals surface area contributed by atoms with E-state index < -0.39 is 24.5 Å². The first kappa shape index (κ1) is 19.6. The molecule has 1 unspecified atom stereocenters. The monoisotopic (exact) mass is 379 g/mol. The highest BCUT2D eigenvalue weighted by atomic mass is 16.6. The molecule has 2 fully saturated rings. The first-order valence-electron chi connectivity index (χ1n) is 8.82. The SMILES string of the molecule is C=C(C)[O-].[NH3+]C[C@H]1O[C@@H](n2cnc3c(C4CCOC4)ncnc32)[C@@H](O)[C@H]1O. The Labute approximate surface area is 156 Å². The van der Waals surface area contributed by atoms with Crippen LogP contribution in [0.25, 0.3) is 11.2 Å². The van der Waals surface area contributed by atoms with Crippen molar-refractivity contribution in [2.45, 2.75) is 43.8 Å². The summed E-state index contributed by atoms with van der Waals surface area (Å²) < 4.78 is 12.8. The van der Waals surface area contributed by atoms with Crippen LogP contribution in [0.2, 0.25) is 0 Å². The number of aliphatic hydroxyl groups excluding tert-OH is 2. The minimum atomic E-state index is -1.05. The molecule has 0 saturated carbocycles. The van der Waals surface area contributed by atoms with Crippen molar-refractivity contribution in [1.29, 1.82) is 0 Å². The van der Waals surface area contributed by atoms with Crippen molar-refractivity contribution in [2.24, 2.45) is 0 Å². The molecule has 2 aromatic heterocycles. The Hall–Kier alpha value is -2.11. The van der Waals surface area contributed by atoms with Gasteiger partial charge < -0.3 is 30.5 Å². The zero-order chi connectivity index (χ0) is 19.6. The molecule has 148 valence electrons. The zero-order valence-electron chi connectivity index (χ0n) is 15.2. The van der Waals surface area contributed by atoms with Gasteiger partial charge >= 0.3 is 0 Å². The maximum atomic E-state index is 10.3. The van der Waals surface area contributed by atoms with Crippen LogP contribution in [0, 0.1) is 0 Å². The van der Waals surface area contributed by atoms with Crippen LogP contribution in [0.5, 0.6) is 0 Å². The van der Waals surface area contributed by atoms with Crippen LogP contribution in [0.3, 0.4) is 0 Å². The fraction of sp³-hybridized carbons (Fsp3) is 0.588. The minimum Gasteiger partial charge on any atom is -0.876 e. The van der Waals surface area contributed by atoms with Gasteiger partial charge in [0.2, 0.25) is 0 Å². The van der Waals surface area contributed by atoms with Crippen molar-refractivity contribution >= 4 is 11.2 Å². The fourth-order valence-corrected chi connectivity index (χ4v) is 3.30. The van der Waals surface area contributed by atoms with Gasteiger partial charge in [-0.2, -0.15) is 0 Å². The summed E-state index contributed by atoms with van der Waals surface area (Å²) in [6.07, 6.45) is 0.715. The molecule has 5 N–H and O–H groups in total. The van der Waals surface area contributed by atoms with Gasteiger partial charge in [-0.3, -0.25) is 4.57 Å². The van der Waals surface area contributed by atoms with E-state index in [1.54, 1.807) is 10.9 Å². The lowest BCUT2D eigenvalue weighted by molar-refractivity contribution is -0.389. The third kappa shape index (κ3) is 3.94. The molecule has 2 aromatic rings. The van der Waals surface area contributed by atoms with E-state index in [0.29, 0.717) is 24.3 Å². The second-order valence-corrected chi connectivity index (χ2v) is 6.68. The Kier molecular flexibility index (Phi) is 6.02. The largest absolute Gasteiger partial charge is 0.876 e. The van der Waals surface area contributed by atoms with E-state index in [1.807, 2.05) is 0 Å². The molecule has 4 rings (SSSR count). The van der Waals surface area contributed by atoms with E-state index in [4.69, 9.17) is 9.47 Å². The van der Waals surface area contributed by atoms with Gasteiger partial charge in [-0.05, 0) is 6.42 Å². The summed E-state index contributed by atoms with van der Waals surface area (Å²) in [6, 6.07) is 0. The highest BCUT2D eigenvalue weighted by molar-refractivity contribution is 5.74. The lowest BCUT2D eigenvalue weighted by Crippen LogP contribution is -2.58. The van der Waals surface area contributed by atoms with Gasteiger partial charge in [-0.1, -0.05) is 6.92 Å². The van der Waals surface area contributed by atoms with E-state index in [1.165, 1.54) is 13.3 Å². The number of ether oxygens (including phenoxy) is 2. The number of quaternary nitrogens is 1. The summed E-state index contributed by atoms with van der Waals surface area (Å²) in [6.45, 7) is 6.14. The van der Waals surface area contributed by atoms with Gasteiger partial charge in [0.15, 0.2) is 11.9 Å². The molecule has 2 aliphatic rings. The van der Waals surface area contributed by atoms with Gasteiger partial charge in [-0.25, -0.2) is 15.0 Å². The lowest BCUT2D eigenvalue weighted by atomic mass is 10.0. The van der Waals surface area contributed by atoms with Gasteiger partial charge in [0.1, 0.15) is 36.7 Å². The average molecular weight is 379 g/mol. The Morgan fingerprint density at radius 3 is 2.70 bits per heavy atom. The molecule has 5 atom stereocenters. The molecule has 10 heteroatoms. The number of aromatic nitrogens is 4. The van der Waals surface area contributed by atoms with Crippen LogP contribution in [0.4, 0.5) is 0 Å². The van der Waals surface area contributed by atoms with E-state index >= 15 is 0 Å². The first-order valence-corrected chi connectivity index (χ1v) is 8.82. The summed E-state index contributed by atoms with van der Waals surface area (Å²) in [4.78, 5) is 13.1. The maximum absolute atomic E-state index is 10.3. The Bertz CT molecular complexity index is 787. The number of rotatable bonds is 3. The predicted molar refractivity (Wildman–Crippen MR) is 92.0 cm³/mol. The van der Waals surface area contributed by atoms with Crippen LogP contribution in [-0.4, -0.2) is 67.8 Å². The molecular formula is C17H25N5O5. The number of hydrogen-bond donors (Lipinski definition) is 3. The number of imidazole rings is 1. The molecule has 0 aromatic carbocycles. The molecule has 4 heterocycles. The number of fused-ring (bicyclic) bond motifs is 1. The normalized spacial score (nSPS) is 30.3. The van der Waals surface area contributed by atoms with E-state index in [2.05, 4.69) is 27.3 Å². The third-order valence-corrected chi connectivity index (χ3v) is 4.60. The third-order valence-electron chi connectivity index (χ3n) is 4.60. The molecule has 0 bridgehead atoms. The van der Waals surface area contributed by atoms with E-state index in [9.17, 15) is 15.3 Å². The number of nitrogens with zero attached hydrogens (tertiary/aromatic N) is 4. The van der Waals surface area contributed by atoms with Crippen LogP contribution < -0.4 is 10.8 Å². The van der Waals surface area contributed by atoms with Crippen molar-refractivity contribution in [2.75, 3.05) is 19.8 Å². The quantitative estimate of drug-likeness (QED) is 0.521. The summed E-state index contributed by atoms with van der Waals surface area (Å²) in [5.74, 6) is 0.122. The minimum absolute atomic E-state index is 0.0833. The fourth-order valence-electron chi connectivity index (χ4n) is 3.30. The molecule has 27 heavy (non-hydrogen) atoms. The molecule has 2 aliphatic heterocycles. The van der Waals surface area contributed by atoms with E-state index in [-0.39, 0.29) is 11.7 Å². The van der Waals surface area contributed by atoms with Crippen molar-refractivity contribution in [1.82, 2.24) is 19.5 Å². The summed E-state index contributed by atoms with van der Waals surface area (Å²) in [7, 11) is 0. The molecule has 0 radical (unpaired) electrons. The van der Waals surface area contributed by atoms with Crippen LogP contribution >= 0.6 is 0 Å². The molecule has 0 aliphatic carbocycles. The predicted octanol–water partition coefficient (Wildman–Crippen LogP) is -1.93. The number of hydrogen-bond acceptors (Lipinski definition) is 8. The first-order chi connectivity index (χ1) is 12.9. The topological polar surface area (TPSA) is 153 Å². The number of allylic oxidation sites excluding steroid dienone is 1.